The third kappa shape index (κ3) is 6.44. The van der Waals surface area contributed by atoms with Gasteiger partial charge in [0.15, 0.2) is 17.6 Å². The summed E-state index contributed by atoms with van der Waals surface area (Å²) in [6.07, 6.45) is -0.187. The van der Waals surface area contributed by atoms with E-state index >= 15 is 0 Å². The van der Waals surface area contributed by atoms with E-state index in [0.717, 1.165) is 12.0 Å². The zero-order valence-electron chi connectivity index (χ0n) is 16.4. The average Bonchev–Trinajstić information content (AvgIpc) is 2.69. The summed E-state index contributed by atoms with van der Waals surface area (Å²) < 4.78 is 39.7. The van der Waals surface area contributed by atoms with Crippen molar-refractivity contribution in [3.63, 3.8) is 0 Å². The molecule has 1 amide bonds. The molecule has 2 aromatic carbocycles. The minimum atomic E-state index is -3.03. The summed E-state index contributed by atoms with van der Waals surface area (Å²) in [6, 6.07) is 11.0. The van der Waals surface area contributed by atoms with Crippen LogP contribution < -0.4 is 14.8 Å². The summed E-state index contributed by atoms with van der Waals surface area (Å²) in [5.74, 6) is -1.50. The largest absolute Gasteiger partial charge is 0.490 e. The number of alkyl halides is 2. The lowest BCUT2D eigenvalue weighted by Gasteiger charge is -2.15. The van der Waals surface area contributed by atoms with Crippen LogP contribution in [0.2, 0.25) is 0 Å². The first-order valence-electron chi connectivity index (χ1n) is 9.16. The third-order valence-electron chi connectivity index (χ3n) is 3.98. The number of carbonyl (C=O) groups is 2. The number of hydrogen-bond donors (Lipinski definition) is 1. The highest BCUT2D eigenvalue weighted by atomic mass is 19.3. The second kappa shape index (κ2) is 10.4. The van der Waals surface area contributed by atoms with Gasteiger partial charge in [-0.15, -0.1) is 0 Å². The second-order valence-corrected chi connectivity index (χ2v) is 6.06. The average molecular weight is 407 g/mol. The van der Waals surface area contributed by atoms with Crippen LogP contribution in [0.5, 0.6) is 11.5 Å². The number of esters is 1. The Morgan fingerprint density at radius 3 is 2.31 bits per heavy atom. The number of anilines is 1. The van der Waals surface area contributed by atoms with Crippen LogP contribution in [-0.4, -0.2) is 31.2 Å². The molecule has 0 saturated carbocycles. The van der Waals surface area contributed by atoms with E-state index in [1.165, 1.54) is 25.1 Å². The molecule has 0 aliphatic heterocycles. The SMILES string of the molecule is CCOc1cc(C(=O)O[C@@H](C)C(=O)Nc2ccc(CC)cc2)ccc1OC(F)F. The highest BCUT2D eigenvalue weighted by molar-refractivity contribution is 5.97. The molecule has 0 unspecified atom stereocenters. The molecule has 1 atom stereocenters. The number of aryl methyl sites for hydroxylation is 1. The van der Waals surface area contributed by atoms with Gasteiger partial charge in [-0.2, -0.15) is 8.78 Å². The van der Waals surface area contributed by atoms with Crippen molar-refractivity contribution in [1.82, 2.24) is 0 Å². The van der Waals surface area contributed by atoms with Crippen molar-refractivity contribution in [2.45, 2.75) is 39.9 Å². The van der Waals surface area contributed by atoms with Crippen LogP contribution in [0, 0.1) is 0 Å². The van der Waals surface area contributed by atoms with Crippen molar-refractivity contribution in [2.75, 3.05) is 11.9 Å². The predicted molar refractivity (Wildman–Crippen MR) is 104 cm³/mol. The number of halogens is 2. The fourth-order valence-electron chi connectivity index (χ4n) is 2.45. The molecule has 0 aliphatic rings. The van der Waals surface area contributed by atoms with Crippen LogP contribution in [-0.2, 0) is 16.0 Å². The smallest absolute Gasteiger partial charge is 0.387 e. The van der Waals surface area contributed by atoms with Crippen LogP contribution in [0.1, 0.15) is 36.7 Å². The molecule has 0 heterocycles. The van der Waals surface area contributed by atoms with Gasteiger partial charge in [-0.1, -0.05) is 19.1 Å². The number of ether oxygens (including phenoxy) is 3. The summed E-state index contributed by atoms with van der Waals surface area (Å²) in [5.41, 5.74) is 1.76. The predicted octanol–water partition coefficient (Wildman–Crippen LogP) is 4.43. The molecule has 8 heteroatoms. The molecule has 0 aliphatic carbocycles. The second-order valence-electron chi connectivity index (χ2n) is 6.06. The normalized spacial score (nSPS) is 11.7. The van der Waals surface area contributed by atoms with Crippen LogP contribution >= 0.6 is 0 Å². The topological polar surface area (TPSA) is 73.9 Å². The number of hydrogen-bond acceptors (Lipinski definition) is 5. The van der Waals surface area contributed by atoms with E-state index in [2.05, 4.69) is 10.1 Å². The minimum absolute atomic E-state index is 0.0182. The molecule has 156 valence electrons. The van der Waals surface area contributed by atoms with Gasteiger partial charge in [0.1, 0.15) is 0 Å². The maximum Gasteiger partial charge on any atom is 0.387 e. The summed E-state index contributed by atoms with van der Waals surface area (Å²) >= 11 is 0. The summed E-state index contributed by atoms with van der Waals surface area (Å²) in [4.78, 5) is 24.6. The summed E-state index contributed by atoms with van der Waals surface area (Å²) in [7, 11) is 0. The van der Waals surface area contributed by atoms with Crippen molar-refractivity contribution in [3.8, 4) is 11.5 Å². The molecule has 1 N–H and O–H groups in total. The third-order valence-corrected chi connectivity index (χ3v) is 3.98. The monoisotopic (exact) mass is 407 g/mol. The van der Waals surface area contributed by atoms with E-state index in [1.807, 2.05) is 19.1 Å². The van der Waals surface area contributed by atoms with Crippen LogP contribution in [0.15, 0.2) is 42.5 Å². The van der Waals surface area contributed by atoms with Gasteiger partial charge in [-0.05, 0) is 56.2 Å². The van der Waals surface area contributed by atoms with Crippen molar-refractivity contribution >= 4 is 17.6 Å². The Bertz CT molecular complexity index is 839. The van der Waals surface area contributed by atoms with Gasteiger partial charge in [0.2, 0.25) is 0 Å². The highest BCUT2D eigenvalue weighted by Gasteiger charge is 2.21. The maximum absolute atomic E-state index is 12.5. The van der Waals surface area contributed by atoms with Crippen molar-refractivity contribution in [3.05, 3.63) is 53.6 Å². The fourth-order valence-corrected chi connectivity index (χ4v) is 2.45. The van der Waals surface area contributed by atoms with Gasteiger partial charge < -0.3 is 19.5 Å². The number of rotatable bonds is 9. The molecule has 0 bridgehead atoms. The zero-order chi connectivity index (χ0) is 21.4. The first-order valence-corrected chi connectivity index (χ1v) is 9.16. The molecule has 6 nitrogen and oxygen atoms in total. The minimum Gasteiger partial charge on any atom is -0.490 e. The molecular weight excluding hydrogens is 384 g/mol. The Kier molecular flexibility index (Phi) is 7.94. The quantitative estimate of drug-likeness (QED) is 0.623. The summed E-state index contributed by atoms with van der Waals surface area (Å²) in [5, 5.41) is 2.67. The molecule has 2 rings (SSSR count). The number of amides is 1. The van der Waals surface area contributed by atoms with Crippen LogP contribution in [0.25, 0.3) is 0 Å². The van der Waals surface area contributed by atoms with E-state index in [0.29, 0.717) is 5.69 Å². The Labute approximate surface area is 167 Å². The van der Waals surface area contributed by atoms with Crippen molar-refractivity contribution in [2.24, 2.45) is 0 Å². The van der Waals surface area contributed by atoms with Crippen LogP contribution in [0.4, 0.5) is 14.5 Å². The lowest BCUT2D eigenvalue weighted by Crippen LogP contribution is -2.30. The zero-order valence-corrected chi connectivity index (χ0v) is 16.4. The molecule has 29 heavy (non-hydrogen) atoms. The van der Waals surface area contributed by atoms with Gasteiger partial charge in [0, 0.05) is 5.69 Å². The fraction of sp³-hybridized carbons (Fsp3) is 0.333. The Morgan fingerprint density at radius 1 is 1.03 bits per heavy atom. The standard InChI is InChI=1S/C21H23F2NO5/c1-4-14-6-9-16(10-7-14)24-19(25)13(3)28-20(26)15-8-11-17(29-21(22)23)18(12-15)27-5-2/h6-13,21H,4-5H2,1-3H3,(H,24,25)/t13-/m0/s1. The van der Waals surface area contributed by atoms with Gasteiger partial charge in [0.25, 0.3) is 5.91 Å². The molecule has 0 saturated heterocycles. The van der Waals surface area contributed by atoms with Gasteiger partial charge >= 0.3 is 12.6 Å². The molecular formula is C21H23F2NO5. The van der Waals surface area contributed by atoms with Crippen molar-refractivity contribution < 1.29 is 32.6 Å². The Balaban J connectivity index is 2.03. The lowest BCUT2D eigenvalue weighted by molar-refractivity contribution is -0.123. The van der Waals surface area contributed by atoms with E-state index < -0.39 is 24.6 Å². The highest BCUT2D eigenvalue weighted by Crippen LogP contribution is 2.30. The number of carbonyl (C=O) groups excluding carboxylic acids is 2. The van der Waals surface area contributed by atoms with Gasteiger partial charge in [-0.25, -0.2) is 4.79 Å². The summed E-state index contributed by atoms with van der Waals surface area (Å²) in [6.45, 7) is 2.29. The lowest BCUT2D eigenvalue weighted by atomic mass is 10.1. The number of nitrogens with one attached hydrogen (secondary N) is 1. The van der Waals surface area contributed by atoms with E-state index in [-0.39, 0.29) is 23.7 Å². The van der Waals surface area contributed by atoms with E-state index in [9.17, 15) is 18.4 Å². The Hall–Kier alpha value is -3.16. The first-order chi connectivity index (χ1) is 13.8. The molecule has 0 spiro atoms. The van der Waals surface area contributed by atoms with E-state index in [1.54, 1.807) is 19.1 Å². The Morgan fingerprint density at radius 2 is 1.72 bits per heavy atom. The van der Waals surface area contributed by atoms with E-state index in [4.69, 9.17) is 9.47 Å². The first kappa shape index (κ1) is 22.1. The van der Waals surface area contributed by atoms with Crippen LogP contribution in [0.3, 0.4) is 0 Å². The molecule has 0 fully saturated rings. The molecule has 0 aromatic heterocycles. The van der Waals surface area contributed by atoms with Crippen molar-refractivity contribution in [1.29, 1.82) is 0 Å². The molecule has 0 radical (unpaired) electrons. The van der Waals surface area contributed by atoms with Gasteiger partial charge in [0.05, 0.1) is 12.2 Å². The number of benzene rings is 2. The maximum atomic E-state index is 12.5. The van der Waals surface area contributed by atoms with Gasteiger partial charge in [-0.3, -0.25) is 4.79 Å². The molecule has 2 aromatic rings.